The zero-order chi connectivity index (χ0) is 14.5. The second-order valence-electron chi connectivity index (χ2n) is 5.88. The molecule has 2 N–H and O–H groups in total. The van der Waals surface area contributed by atoms with Gasteiger partial charge in [0, 0.05) is 18.3 Å². The van der Waals surface area contributed by atoms with E-state index in [1.807, 2.05) is 37.3 Å². The van der Waals surface area contributed by atoms with Crippen molar-refractivity contribution < 1.29 is 4.79 Å². The first-order valence-electron chi connectivity index (χ1n) is 7.37. The third-order valence-electron chi connectivity index (χ3n) is 4.01. The second-order valence-corrected chi connectivity index (χ2v) is 5.88. The smallest absolute Gasteiger partial charge is 0.241 e. The van der Waals surface area contributed by atoms with E-state index in [9.17, 15) is 4.79 Å². The Morgan fingerprint density at radius 2 is 2.05 bits per heavy atom. The number of para-hydroxylation sites is 1. The third kappa shape index (κ3) is 4.05. The Bertz CT molecular complexity index is 435. The number of likely N-dealkylation sites (tertiary alicyclic amines) is 1. The molecule has 0 saturated carbocycles. The van der Waals surface area contributed by atoms with Crippen LogP contribution in [0.15, 0.2) is 30.3 Å². The van der Waals surface area contributed by atoms with E-state index >= 15 is 0 Å². The lowest BCUT2D eigenvalue weighted by atomic mass is 9.93. The first kappa shape index (κ1) is 15.0. The van der Waals surface area contributed by atoms with Gasteiger partial charge >= 0.3 is 0 Å². The van der Waals surface area contributed by atoms with Crippen molar-refractivity contribution >= 4 is 11.6 Å². The lowest BCUT2D eigenvalue weighted by Gasteiger charge is -2.36. The molecule has 20 heavy (non-hydrogen) atoms. The molecule has 4 heteroatoms. The first-order valence-corrected chi connectivity index (χ1v) is 7.37. The molecule has 4 nitrogen and oxygen atoms in total. The van der Waals surface area contributed by atoms with Crippen LogP contribution in [0.25, 0.3) is 0 Å². The van der Waals surface area contributed by atoms with Gasteiger partial charge in [-0.25, -0.2) is 0 Å². The standard InChI is InChI=1S/C16H25N3O/c1-12-11-19(3)10-9-15(12)17-13(2)16(20)18-14-7-5-4-6-8-14/h4-8,12-13,15,17H,9-11H2,1-3H3,(H,18,20). The van der Waals surface area contributed by atoms with Crippen LogP contribution in [0.1, 0.15) is 20.3 Å². The van der Waals surface area contributed by atoms with Crippen LogP contribution in [-0.2, 0) is 4.79 Å². The summed E-state index contributed by atoms with van der Waals surface area (Å²) < 4.78 is 0. The molecule has 3 atom stereocenters. The largest absolute Gasteiger partial charge is 0.325 e. The van der Waals surface area contributed by atoms with E-state index < -0.39 is 0 Å². The Hall–Kier alpha value is -1.39. The van der Waals surface area contributed by atoms with Gasteiger partial charge in [-0.05, 0) is 45.0 Å². The van der Waals surface area contributed by atoms with Crippen LogP contribution in [0.3, 0.4) is 0 Å². The van der Waals surface area contributed by atoms with Gasteiger partial charge in [-0.2, -0.15) is 0 Å². The normalized spacial score (nSPS) is 25.1. The number of piperidine rings is 1. The molecule has 3 unspecified atom stereocenters. The number of nitrogens with zero attached hydrogens (tertiary/aromatic N) is 1. The van der Waals surface area contributed by atoms with Crippen molar-refractivity contribution in [2.75, 3.05) is 25.5 Å². The number of benzene rings is 1. The molecule has 0 aliphatic carbocycles. The molecule has 1 aromatic rings. The number of carbonyl (C=O) groups excluding carboxylic acids is 1. The lowest BCUT2D eigenvalue weighted by molar-refractivity contribution is -0.118. The predicted molar refractivity (Wildman–Crippen MR) is 82.7 cm³/mol. The number of hydrogen-bond acceptors (Lipinski definition) is 3. The monoisotopic (exact) mass is 275 g/mol. The maximum atomic E-state index is 12.2. The Labute approximate surface area is 121 Å². The van der Waals surface area contributed by atoms with Gasteiger partial charge in [0.1, 0.15) is 0 Å². The SMILES string of the molecule is CC(NC1CCN(C)CC1C)C(=O)Nc1ccccc1. The molecule has 1 saturated heterocycles. The van der Waals surface area contributed by atoms with E-state index in [2.05, 4.69) is 29.5 Å². The van der Waals surface area contributed by atoms with Gasteiger partial charge < -0.3 is 15.5 Å². The summed E-state index contributed by atoms with van der Waals surface area (Å²) in [4.78, 5) is 14.5. The van der Waals surface area contributed by atoms with Gasteiger partial charge in [0.2, 0.25) is 5.91 Å². The Kier molecular flexibility index (Phi) is 5.15. The minimum Gasteiger partial charge on any atom is -0.325 e. The fraction of sp³-hybridized carbons (Fsp3) is 0.562. The number of amides is 1. The predicted octanol–water partition coefficient (Wildman–Crippen LogP) is 1.94. The van der Waals surface area contributed by atoms with E-state index in [-0.39, 0.29) is 11.9 Å². The topological polar surface area (TPSA) is 44.4 Å². The lowest BCUT2D eigenvalue weighted by Crippen LogP contribution is -2.52. The molecule has 1 heterocycles. The van der Waals surface area contributed by atoms with Crippen LogP contribution in [0.5, 0.6) is 0 Å². The van der Waals surface area contributed by atoms with Gasteiger partial charge in [0.15, 0.2) is 0 Å². The molecule has 0 aromatic heterocycles. The number of anilines is 1. The number of nitrogens with one attached hydrogen (secondary N) is 2. The molecule has 1 aliphatic rings. The summed E-state index contributed by atoms with van der Waals surface area (Å²) in [5.41, 5.74) is 0.850. The highest BCUT2D eigenvalue weighted by Crippen LogP contribution is 2.16. The van der Waals surface area contributed by atoms with Gasteiger partial charge in [-0.1, -0.05) is 25.1 Å². The van der Waals surface area contributed by atoms with Gasteiger partial charge in [0.05, 0.1) is 6.04 Å². The van der Waals surface area contributed by atoms with Crippen molar-refractivity contribution in [3.63, 3.8) is 0 Å². The first-order chi connectivity index (χ1) is 9.56. The summed E-state index contributed by atoms with van der Waals surface area (Å²) >= 11 is 0. The average molecular weight is 275 g/mol. The van der Waals surface area contributed by atoms with Crippen molar-refractivity contribution in [3.8, 4) is 0 Å². The number of carbonyl (C=O) groups is 1. The van der Waals surface area contributed by atoms with E-state index in [4.69, 9.17) is 0 Å². The fourth-order valence-electron chi connectivity index (χ4n) is 2.77. The molecular formula is C16H25N3O. The molecular weight excluding hydrogens is 250 g/mol. The summed E-state index contributed by atoms with van der Waals surface area (Å²) in [6.07, 6.45) is 1.10. The maximum Gasteiger partial charge on any atom is 0.241 e. The highest BCUT2D eigenvalue weighted by atomic mass is 16.2. The summed E-state index contributed by atoms with van der Waals surface area (Å²) in [5.74, 6) is 0.600. The van der Waals surface area contributed by atoms with Crippen molar-refractivity contribution in [2.24, 2.45) is 5.92 Å². The minimum absolute atomic E-state index is 0.0299. The quantitative estimate of drug-likeness (QED) is 0.882. The Morgan fingerprint density at radius 1 is 1.35 bits per heavy atom. The van der Waals surface area contributed by atoms with Crippen LogP contribution in [0, 0.1) is 5.92 Å². The third-order valence-corrected chi connectivity index (χ3v) is 4.01. The minimum atomic E-state index is -0.175. The van der Waals surface area contributed by atoms with Crippen LogP contribution in [-0.4, -0.2) is 43.0 Å². The van der Waals surface area contributed by atoms with E-state index in [1.54, 1.807) is 0 Å². The molecule has 0 bridgehead atoms. The van der Waals surface area contributed by atoms with Gasteiger partial charge in [-0.15, -0.1) is 0 Å². The fourth-order valence-corrected chi connectivity index (χ4v) is 2.77. The molecule has 0 radical (unpaired) electrons. The van der Waals surface area contributed by atoms with Crippen LogP contribution >= 0.6 is 0 Å². The van der Waals surface area contributed by atoms with Crippen molar-refractivity contribution in [3.05, 3.63) is 30.3 Å². The summed E-state index contributed by atoms with van der Waals surface area (Å²) in [6, 6.07) is 9.84. The Morgan fingerprint density at radius 3 is 2.70 bits per heavy atom. The zero-order valence-electron chi connectivity index (χ0n) is 12.6. The van der Waals surface area contributed by atoms with Crippen molar-refractivity contribution in [1.82, 2.24) is 10.2 Å². The molecule has 2 rings (SSSR count). The molecule has 110 valence electrons. The zero-order valence-corrected chi connectivity index (χ0v) is 12.6. The molecule has 1 amide bonds. The van der Waals surface area contributed by atoms with E-state index in [0.29, 0.717) is 12.0 Å². The summed E-state index contributed by atoms with van der Waals surface area (Å²) in [5, 5.41) is 6.41. The molecule has 0 spiro atoms. The maximum absolute atomic E-state index is 12.2. The molecule has 1 fully saturated rings. The Balaban J connectivity index is 1.85. The summed E-state index contributed by atoms with van der Waals surface area (Å²) in [6.45, 7) is 6.36. The summed E-state index contributed by atoms with van der Waals surface area (Å²) in [7, 11) is 2.15. The highest BCUT2D eigenvalue weighted by Gasteiger charge is 2.26. The molecule has 1 aliphatic heterocycles. The number of hydrogen-bond donors (Lipinski definition) is 2. The van der Waals surface area contributed by atoms with Crippen LogP contribution < -0.4 is 10.6 Å². The molecule has 1 aromatic carbocycles. The van der Waals surface area contributed by atoms with Crippen molar-refractivity contribution in [2.45, 2.75) is 32.4 Å². The van der Waals surface area contributed by atoms with E-state index in [1.165, 1.54) is 0 Å². The van der Waals surface area contributed by atoms with Crippen molar-refractivity contribution in [1.29, 1.82) is 0 Å². The highest BCUT2D eigenvalue weighted by molar-refractivity contribution is 5.94. The van der Waals surface area contributed by atoms with Crippen LogP contribution in [0.4, 0.5) is 5.69 Å². The number of rotatable bonds is 4. The average Bonchev–Trinajstić information content (AvgIpc) is 2.43. The van der Waals surface area contributed by atoms with E-state index in [0.717, 1.165) is 25.2 Å². The van der Waals surface area contributed by atoms with Gasteiger partial charge in [0.25, 0.3) is 0 Å². The second kappa shape index (κ2) is 6.86. The van der Waals surface area contributed by atoms with Crippen LogP contribution in [0.2, 0.25) is 0 Å². The van der Waals surface area contributed by atoms with Gasteiger partial charge in [-0.3, -0.25) is 4.79 Å².